The maximum absolute atomic E-state index is 8.81. The molecule has 2 nitrogen and oxygen atoms in total. The lowest BCUT2D eigenvalue weighted by Crippen LogP contribution is -1.95. The predicted octanol–water partition coefficient (Wildman–Crippen LogP) is 0.864. The molecule has 0 fully saturated rings. The number of aliphatic hydroxyl groups excluding tert-OH is 1. The summed E-state index contributed by atoms with van der Waals surface area (Å²) in [6, 6.07) is 1.76. The molecule has 0 aliphatic heterocycles. The number of pyridine rings is 1. The first-order valence-electron chi connectivity index (χ1n) is 3.31. The van der Waals surface area contributed by atoms with Gasteiger partial charge in [-0.3, -0.25) is 4.98 Å². The third kappa shape index (κ3) is 1.39. The lowest BCUT2D eigenvalue weighted by atomic mass is 10.1. The molecular weight excluding hydrogens is 138 g/mol. The van der Waals surface area contributed by atoms with Gasteiger partial charge in [0, 0.05) is 11.8 Å². The molecule has 0 amide bonds. The zero-order valence-electron chi connectivity index (χ0n) is 6.33. The minimum absolute atomic E-state index is 0.0542. The maximum atomic E-state index is 8.81. The van der Waals surface area contributed by atoms with E-state index in [4.69, 9.17) is 11.5 Å². The van der Waals surface area contributed by atoms with Gasteiger partial charge in [-0.05, 0) is 18.6 Å². The van der Waals surface area contributed by atoms with Crippen LogP contribution in [0.5, 0.6) is 0 Å². The van der Waals surface area contributed by atoms with Gasteiger partial charge in [0.2, 0.25) is 0 Å². The summed E-state index contributed by atoms with van der Waals surface area (Å²) in [6.45, 7) is 1.80. The molecule has 0 saturated heterocycles. The Morgan fingerprint density at radius 2 is 2.45 bits per heavy atom. The first kappa shape index (κ1) is 7.77. The number of hydrogen-bond donors (Lipinski definition) is 1. The van der Waals surface area contributed by atoms with Crippen LogP contribution < -0.4 is 0 Å². The highest BCUT2D eigenvalue weighted by Crippen LogP contribution is 2.08. The minimum Gasteiger partial charge on any atom is -0.390 e. The van der Waals surface area contributed by atoms with E-state index in [1.54, 1.807) is 12.3 Å². The maximum Gasteiger partial charge on any atom is 0.0856 e. The zero-order chi connectivity index (χ0) is 8.27. The molecule has 1 rings (SSSR count). The molecule has 0 bridgehead atoms. The molecule has 0 radical (unpaired) electrons. The second kappa shape index (κ2) is 3.18. The highest BCUT2D eigenvalue weighted by molar-refractivity contribution is 5.40. The fraction of sp³-hybridized carbons (Fsp3) is 0.222. The molecule has 0 aliphatic carbocycles. The lowest BCUT2D eigenvalue weighted by Gasteiger charge is -2.01. The SMILES string of the molecule is C#Cc1ccnc(CO)c1C. The fourth-order valence-electron chi connectivity index (χ4n) is 0.895. The van der Waals surface area contributed by atoms with Crippen molar-refractivity contribution in [3.05, 3.63) is 29.1 Å². The van der Waals surface area contributed by atoms with Gasteiger partial charge < -0.3 is 5.11 Å². The molecule has 1 aromatic heterocycles. The Morgan fingerprint density at radius 3 is 3.00 bits per heavy atom. The van der Waals surface area contributed by atoms with Gasteiger partial charge in [0.25, 0.3) is 0 Å². The summed E-state index contributed by atoms with van der Waals surface area (Å²) in [6.07, 6.45) is 6.82. The Morgan fingerprint density at radius 1 is 1.73 bits per heavy atom. The van der Waals surface area contributed by atoms with Gasteiger partial charge in [-0.15, -0.1) is 6.42 Å². The van der Waals surface area contributed by atoms with E-state index < -0.39 is 0 Å². The van der Waals surface area contributed by atoms with E-state index >= 15 is 0 Å². The van der Waals surface area contributed by atoms with Crippen molar-refractivity contribution in [1.82, 2.24) is 4.98 Å². The van der Waals surface area contributed by atoms with Crippen molar-refractivity contribution < 1.29 is 5.11 Å². The Balaban J connectivity index is 3.23. The molecule has 1 aromatic rings. The van der Waals surface area contributed by atoms with Crippen molar-refractivity contribution in [3.63, 3.8) is 0 Å². The summed E-state index contributed by atoms with van der Waals surface area (Å²) in [5.41, 5.74) is 2.34. The van der Waals surface area contributed by atoms with E-state index in [1.807, 2.05) is 6.92 Å². The summed E-state index contributed by atoms with van der Waals surface area (Å²) in [7, 11) is 0. The van der Waals surface area contributed by atoms with E-state index in [0.29, 0.717) is 5.69 Å². The van der Waals surface area contributed by atoms with Crippen LogP contribution in [0.4, 0.5) is 0 Å². The van der Waals surface area contributed by atoms with Crippen molar-refractivity contribution in [2.75, 3.05) is 0 Å². The van der Waals surface area contributed by atoms with Crippen LogP contribution in [0, 0.1) is 19.3 Å². The lowest BCUT2D eigenvalue weighted by molar-refractivity contribution is 0.276. The van der Waals surface area contributed by atoms with E-state index in [0.717, 1.165) is 11.1 Å². The highest BCUT2D eigenvalue weighted by Gasteiger charge is 2.00. The molecular formula is C9H9NO. The average Bonchev–Trinajstić information content (AvgIpc) is 2.05. The normalized spacial score (nSPS) is 9.18. The fourth-order valence-corrected chi connectivity index (χ4v) is 0.895. The highest BCUT2D eigenvalue weighted by atomic mass is 16.3. The molecule has 2 heteroatoms. The Kier molecular flexibility index (Phi) is 2.25. The largest absolute Gasteiger partial charge is 0.390 e. The Labute approximate surface area is 65.9 Å². The van der Waals surface area contributed by atoms with Gasteiger partial charge >= 0.3 is 0 Å². The van der Waals surface area contributed by atoms with E-state index in [-0.39, 0.29) is 6.61 Å². The molecule has 0 saturated carbocycles. The van der Waals surface area contributed by atoms with Crippen molar-refractivity contribution in [2.45, 2.75) is 13.5 Å². The van der Waals surface area contributed by atoms with Crippen LogP contribution in [-0.2, 0) is 6.61 Å². The van der Waals surface area contributed by atoms with Crippen molar-refractivity contribution in [2.24, 2.45) is 0 Å². The monoisotopic (exact) mass is 147 g/mol. The molecule has 0 atom stereocenters. The molecule has 0 aromatic carbocycles. The van der Waals surface area contributed by atoms with Crippen LogP contribution >= 0.6 is 0 Å². The number of terminal acetylenes is 1. The van der Waals surface area contributed by atoms with Crippen molar-refractivity contribution in [1.29, 1.82) is 0 Å². The molecule has 1 heterocycles. The third-order valence-corrected chi connectivity index (χ3v) is 1.61. The van der Waals surface area contributed by atoms with E-state index in [9.17, 15) is 0 Å². The number of rotatable bonds is 1. The predicted molar refractivity (Wildman–Crippen MR) is 42.8 cm³/mol. The third-order valence-electron chi connectivity index (χ3n) is 1.61. The standard InChI is InChI=1S/C9H9NO/c1-3-8-4-5-10-9(6-11)7(8)2/h1,4-5,11H,6H2,2H3. The van der Waals surface area contributed by atoms with Gasteiger partial charge in [-0.1, -0.05) is 5.92 Å². The topological polar surface area (TPSA) is 33.1 Å². The Hall–Kier alpha value is -1.33. The first-order valence-corrected chi connectivity index (χ1v) is 3.31. The quantitative estimate of drug-likeness (QED) is 0.598. The van der Waals surface area contributed by atoms with Crippen LogP contribution in [0.25, 0.3) is 0 Å². The number of nitrogens with zero attached hydrogens (tertiary/aromatic N) is 1. The molecule has 0 spiro atoms. The minimum atomic E-state index is -0.0542. The van der Waals surface area contributed by atoms with Gasteiger partial charge in [-0.2, -0.15) is 0 Å². The molecule has 11 heavy (non-hydrogen) atoms. The molecule has 56 valence electrons. The van der Waals surface area contributed by atoms with Crippen molar-refractivity contribution in [3.8, 4) is 12.3 Å². The van der Waals surface area contributed by atoms with Crippen LogP contribution in [0.15, 0.2) is 12.3 Å². The van der Waals surface area contributed by atoms with Crippen LogP contribution in [0.2, 0.25) is 0 Å². The first-order chi connectivity index (χ1) is 5.29. The van der Waals surface area contributed by atoms with Gasteiger partial charge in [-0.25, -0.2) is 0 Å². The van der Waals surface area contributed by atoms with Crippen molar-refractivity contribution >= 4 is 0 Å². The smallest absolute Gasteiger partial charge is 0.0856 e. The summed E-state index contributed by atoms with van der Waals surface area (Å²) in [5.74, 6) is 2.52. The number of aliphatic hydroxyl groups is 1. The zero-order valence-corrected chi connectivity index (χ0v) is 6.33. The summed E-state index contributed by atoms with van der Waals surface area (Å²) in [5, 5.41) is 8.81. The number of aromatic nitrogens is 1. The average molecular weight is 147 g/mol. The molecule has 1 N–H and O–H groups in total. The second-order valence-electron chi connectivity index (χ2n) is 2.23. The van der Waals surface area contributed by atoms with E-state index in [1.165, 1.54) is 0 Å². The summed E-state index contributed by atoms with van der Waals surface area (Å²) in [4.78, 5) is 3.96. The van der Waals surface area contributed by atoms with Gasteiger partial charge in [0.1, 0.15) is 0 Å². The summed E-state index contributed by atoms with van der Waals surface area (Å²) >= 11 is 0. The summed E-state index contributed by atoms with van der Waals surface area (Å²) < 4.78 is 0. The number of hydrogen-bond acceptors (Lipinski definition) is 2. The Bertz CT molecular complexity index is 299. The van der Waals surface area contributed by atoms with Gasteiger partial charge in [0.05, 0.1) is 12.3 Å². The van der Waals surface area contributed by atoms with Crippen LogP contribution in [0.1, 0.15) is 16.8 Å². The van der Waals surface area contributed by atoms with Crippen LogP contribution in [0.3, 0.4) is 0 Å². The second-order valence-corrected chi connectivity index (χ2v) is 2.23. The van der Waals surface area contributed by atoms with E-state index in [2.05, 4.69) is 10.9 Å². The van der Waals surface area contributed by atoms with Crippen LogP contribution in [-0.4, -0.2) is 10.1 Å². The molecule has 0 unspecified atom stereocenters. The molecule has 0 aliphatic rings. The van der Waals surface area contributed by atoms with Gasteiger partial charge in [0.15, 0.2) is 0 Å².